The van der Waals surface area contributed by atoms with E-state index in [1.807, 2.05) is 73.6 Å². The zero-order valence-electron chi connectivity index (χ0n) is 30.0. The van der Waals surface area contributed by atoms with Crippen molar-refractivity contribution in [2.75, 3.05) is 0 Å². The molecule has 5 rings (SSSR count). The van der Waals surface area contributed by atoms with Crippen LogP contribution in [0.2, 0.25) is 0 Å². The van der Waals surface area contributed by atoms with E-state index >= 15 is 0 Å². The van der Waals surface area contributed by atoms with E-state index in [2.05, 4.69) is 114 Å². The van der Waals surface area contributed by atoms with Gasteiger partial charge in [0.2, 0.25) is 0 Å². The zero-order valence-corrected chi connectivity index (χ0v) is 30.0. The maximum Gasteiger partial charge on any atom is 1.00 e. The first-order valence-corrected chi connectivity index (χ1v) is 14.9. The fourth-order valence-corrected chi connectivity index (χ4v) is 3.43. The summed E-state index contributed by atoms with van der Waals surface area (Å²) >= 11 is 0. The maximum atomic E-state index is 7.00. The van der Waals surface area contributed by atoms with E-state index in [-0.39, 0.29) is 54.0 Å². The van der Waals surface area contributed by atoms with Gasteiger partial charge < -0.3 is 11.5 Å². The van der Waals surface area contributed by atoms with Gasteiger partial charge in [-0.15, -0.1) is 11.4 Å². The van der Waals surface area contributed by atoms with Gasteiger partial charge in [0.1, 0.15) is 0 Å². The molecule has 3 aromatic heterocycles. The molecule has 0 saturated carbocycles. The second kappa shape index (κ2) is 23.1. The summed E-state index contributed by atoms with van der Waals surface area (Å²) in [4.78, 5) is 11.9. The van der Waals surface area contributed by atoms with Gasteiger partial charge in [-0.3, -0.25) is 15.0 Å². The Kier molecular flexibility index (Phi) is 22.5. The Morgan fingerprint density at radius 1 is 0.348 bits per heavy atom. The van der Waals surface area contributed by atoms with Crippen LogP contribution in [-0.4, -0.2) is 15.0 Å². The molecule has 0 bridgehead atoms. The Morgan fingerprint density at radius 2 is 0.543 bits per heavy atom. The van der Waals surface area contributed by atoms with Crippen LogP contribution in [0, 0.1) is 0 Å². The largest absolute Gasteiger partial charge is 1.00 e. The number of rotatable bonds is 0. The maximum absolute atomic E-state index is 7.00. The fraction of sp³-hybridized carbons (Fsp3) is 0.308. The van der Waals surface area contributed by atoms with Crippen LogP contribution in [0.4, 0.5) is 11.4 Å². The molecule has 0 saturated heterocycles. The Balaban J connectivity index is 0. The molecule has 5 nitrogen and oxygen atoms in total. The molecule has 234 valence electrons. The van der Waals surface area contributed by atoms with Crippen molar-refractivity contribution in [2.24, 2.45) is 0 Å². The first-order chi connectivity index (χ1) is 20.6. The monoisotopic (exact) mass is 603 g/mol. The Morgan fingerprint density at radius 3 is 0.652 bits per heavy atom. The Hall–Kier alpha value is -3.32. The van der Waals surface area contributed by atoms with Gasteiger partial charge in [-0.25, -0.2) is 0 Å². The topological polar surface area (TPSA) is 86.3 Å². The summed E-state index contributed by atoms with van der Waals surface area (Å²) in [7, 11) is 0. The van der Waals surface area contributed by atoms with Gasteiger partial charge >= 0.3 is 37.7 Å². The normalized spacial score (nSPS) is 10.1. The van der Waals surface area contributed by atoms with E-state index in [0.717, 1.165) is 0 Å². The van der Waals surface area contributed by atoms with Gasteiger partial charge in [-0.05, 0) is 69.3 Å². The second-order valence-corrected chi connectivity index (χ2v) is 13.2. The summed E-state index contributed by atoms with van der Waals surface area (Å²) in [5.74, 6) is 0. The number of benzene rings is 2. The molecule has 3 heterocycles. The van der Waals surface area contributed by atoms with Crippen molar-refractivity contribution in [3.05, 3.63) is 162 Å². The average molecular weight is 604 g/mol. The molecular weight excluding hydrogens is 552 g/mol. The summed E-state index contributed by atoms with van der Waals surface area (Å²) in [5, 5.41) is 0. The van der Waals surface area contributed by atoms with Crippen molar-refractivity contribution in [3.63, 3.8) is 0 Å². The molecule has 0 fully saturated rings. The molecule has 7 heteroatoms. The van der Waals surface area contributed by atoms with Crippen LogP contribution < -0.4 is 37.7 Å². The third-order valence-electron chi connectivity index (χ3n) is 6.19. The van der Waals surface area contributed by atoms with Crippen LogP contribution in [-0.2, 0) is 16.2 Å². The molecule has 0 amide bonds. The van der Waals surface area contributed by atoms with E-state index in [4.69, 9.17) is 11.5 Å². The molecule has 0 aliphatic heterocycles. The summed E-state index contributed by atoms with van der Waals surface area (Å²) in [6, 6.07) is 30.5. The minimum absolute atomic E-state index is 0. The minimum Gasteiger partial charge on any atom is -0.699 e. The summed E-state index contributed by atoms with van der Waals surface area (Å²) in [6.45, 7) is 19.8. The number of hydrogen-bond donors (Lipinski definition) is 0. The van der Waals surface area contributed by atoms with Crippen LogP contribution in [0.3, 0.4) is 0 Å². The summed E-state index contributed by atoms with van der Waals surface area (Å²) in [5.41, 5.74) is 19.9. The SMILES string of the molecule is CC(C)(C)c1ccncc1.CC(C)(C)c1ccncc1.CC(C)(C)c1ccncc1.[Li+].[Li+].[NH-]c1ccccc1.[NH-]c1ccccc1. The number of nitrogens with one attached hydrogen (secondary N) is 2. The minimum atomic E-state index is 0. The molecule has 0 spiro atoms. The van der Waals surface area contributed by atoms with Gasteiger partial charge in [0.25, 0.3) is 0 Å². The number of hydrogen-bond acceptors (Lipinski definition) is 3. The molecule has 0 unspecified atom stereocenters. The van der Waals surface area contributed by atoms with E-state index in [1.165, 1.54) is 16.7 Å². The van der Waals surface area contributed by atoms with Crippen molar-refractivity contribution in [2.45, 2.75) is 78.6 Å². The first kappa shape index (κ1) is 44.8. The molecule has 5 aromatic rings. The molecular formula is C39H51Li2N5. The van der Waals surface area contributed by atoms with Gasteiger partial charge in [0, 0.05) is 37.2 Å². The van der Waals surface area contributed by atoms with Crippen molar-refractivity contribution >= 4 is 11.4 Å². The number of nitrogens with zero attached hydrogens (tertiary/aromatic N) is 3. The molecule has 2 aromatic carbocycles. The van der Waals surface area contributed by atoms with Crippen molar-refractivity contribution in [3.8, 4) is 0 Å². The molecule has 0 aliphatic carbocycles. The van der Waals surface area contributed by atoms with Crippen LogP contribution >= 0.6 is 0 Å². The van der Waals surface area contributed by atoms with Gasteiger partial charge in [0.05, 0.1) is 0 Å². The smallest absolute Gasteiger partial charge is 0.699 e. The average Bonchev–Trinajstić information content (AvgIpc) is 2.99. The van der Waals surface area contributed by atoms with Crippen LogP contribution in [0.25, 0.3) is 11.5 Å². The fourth-order valence-electron chi connectivity index (χ4n) is 3.43. The van der Waals surface area contributed by atoms with Gasteiger partial charge in [0.15, 0.2) is 0 Å². The van der Waals surface area contributed by atoms with E-state index in [1.54, 1.807) is 24.3 Å². The van der Waals surface area contributed by atoms with Crippen molar-refractivity contribution < 1.29 is 37.7 Å². The predicted octanol–water partition coefficient (Wildman–Crippen LogP) is 5.89. The third-order valence-corrected chi connectivity index (χ3v) is 6.19. The number of aromatic nitrogens is 3. The van der Waals surface area contributed by atoms with Crippen molar-refractivity contribution in [1.82, 2.24) is 15.0 Å². The molecule has 0 atom stereocenters. The molecule has 46 heavy (non-hydrogen) atoms. The van der Waals surface area contributed by atoms with Crippen LogP contribution in [0.5, 0.6) is 0 Å². The van der Waals surface area contributed by atoms with Crippen LogP contribution in [0.1, 0.15) is 79.0 Å². The van der Waals surface area contributed by atoms with Gasteiger partial charge in [-0.2, -0.15) is 0 Å². The third kappa shape index (κ3) is 21.4. The standard InChI is InChI=1S/3C9H13N.2C6H6N.2Li/c3*1-9(2,3)8-4-6-10-7-5-8;2*7-6-4-2-1-3-5-6;;/h3*4-7H,1-3H3;2*1-5,7H;;/q;;;2*-1;2*+1. The van der Waals surface area contributed by atoms with E-state index in [0.29, 0.717) is 11.4 Å². The molecule has 0 radical (unpaired) electrons. The molecule has 0 aliphatic rings. The summed E-state index contributed by atoms with van der Waals surface area (Å²) in [6.07, 6.45) is 11.0. The van der Waals surface area contributed by atoms with Gasteiger partial charge in [-0.1, -0.05) is 123 Å². The quantitative estimate of drug-likeness (QED) is 0.207. The zero-order chi connectivity index (χ0) is 33.1. The Bertz CT molecular complexity index is 1230. The first-order valence-electron chi connectivity index (χ1n) is 14.9. The second-order valence-electron chi connectivity index (χ2n) is 13.2. The van der Waals surface area contributed by atoms with E-state index < -0.39 is 0 Å². The Labute approximate surface area is 303 Å². The summed E-state index contributed by atoms with van der Waals surface area (Å²) < 4.78 is 0. The van der Waals surface area contributed by atoms with Crippen molar-refractivity contribution in [1.29, 1.82) is 0 Å². The van der Waals surface area contributed by atoms with E-state index in [9.17, 15) is 0 Å². The van der Waals surface area contributed by atoms with Crippen LogP contribution in [0.15, 0.2) is 134 Å². The molecule has 2 N–H and O–H groups in total. The number of pyridine rings is 3. The predicted molar refractivity (Wildman–Crippen MR) is 190 cm³/mol.